The molecule has 0 N–H and O–H groups in total. The van der Waals surface area contributed by atoms with Crippen molar-refractivity contribution in [3.63, 3.8) is 0 Å². The van der Waals surface area contributed by atoms with E-state index in [0.717, 1.165) is 55.4 Å². The summed E-state index contributed by atoms with van der Waals surface area (Å²) in [4.78, 5) is 14.0. The van der Waals surface area contributed by atoms with Gasteiger partial charge in [-0.3, -0.25) is 0 Å². The minimum Gasteiger partial charge on any atom is -0.238 e. The summed E-state index contributed by atoms with van der Waals surface area (Å²) in [6, 6.07) is 51.4. The highest BCUT2D eigenvalue weighted by Crippen LogP contribution is 2.40. The van der Waals surface area contributed by atoms with Gasteiger partial charge in [-0.15, -0.1) is 0 Å². The summed E-state index contributed by atoms with van der Waals surface area (Å²) < 4.78 is 0. The van der Waals surface area contributed by atoms with Crippen molar-refractivity contribution in [1.29, 1.82) is 5.26 Å². The van der Waals surface area contributed by atoms with Crippen LogP contribution in [-0.2, 0) is 0 Å². The van der Waals surface area contributed by atoms with E-state index in [1.807, 2.05) is 36.4 Å². The Hall–Kier alpha value is -6.62. The molecule has 0 spiro atoms. The Kier molecular flexibility index (Phi) is 6.53. The third kappa shape index (κ3) is 4.81. The predicted molar refractivity (Wildman–Crippen MR) is 187 cm³/mol. The first kappa shape index (κ1) is 27.0. The van der Waals surface area contributed by atoms with Crippen molar-refractivity contribution in [3.05, 3.63) is 163 Å². The van der Waals surface area contributed by atoms with Gasteiger partial charge in [-0.1, -0.05) is 103 Å². The van der Waals surface area contributed by atoms with Gasteiger partial charge in [-0.05, 0) is 86.3 Å². The van der Waals surface area contributed by atoms with Crippen molar-refractivity contribution in [1.82, 2.24) is 9.97 Å². The van der Waals surface area contributed by atoms with E-state index in [4.69, 9.17) is 16.5 Å². The van der Waals surface area contributed by atoms with Crippen LogP contribution < -0.4 is 0 Å². The monoisotopic (exact) mass is 584 g/mol. The van der Waals surface area contributed by atoms with E-state index in [-0.39, 0.29) is 0 Å². The summed E-state index contributed by atoms with van der Waals surface area (Å²) >= 11 is 0. The zero-order valence-corrected chi connectivity index (χ0v) is 24.6. The Balaban J connectivity index is 1.48. The third-order valence-electron chi connectivity index (χ3n) is 8.44. The summed E-state index contributed by atoms with van der Waals surface area (Å²) in [5.74, 6) is 0.522. The minimum absolute atomic E-state index is 0.522. The van der Waals surface area contributed by atoms with Crippen molar-refractivity contribution >= 4 is 38.1 Å². The van der Waals surface area contributed by atoms with Crippen molar-refractivity contribution in [2.24, 2.45) is 0 Å². The molecule has 7 aromatic carbocycles. The number of rotatable bonds is 4. The molecular formula is C42H24N4. The third-order valence-corrected chi connectivity index (χ3v) is 8.44. The highest BCUT2D eigenvalue weighted by molar-refractivity contribution is 6.06. The van der Waals surface area contributed by atoms with Crippen LogP contribution in [0.25, 0.3) is 82.2 Å². The standard InChI is InChI=1S/C42H24N4/c1-44-37-15-7-13-34(23-37)40-39-25-36(32-18-16-28-9-2-4-11-30(28)21-32)24-38(33-19-17-29-10-3-5-12-31(29)22-33)41(39)46-42(45-40)35-14-6-8-27(20-35)26-43/h2-25H. The molecule has 0 saturated heterocycles. The second-order valence-electron chi connectivity index (χ2n) is 11.3. The Morgan fingerprint density at radius 2 is 1.20 bits per heavy atom. The fourth-order valence-electron chi connectivity index (χ4n) is 6.14. The largest absolute Gasteiger partial charge is 0.238 e. The molecule has 46 heavy (non-hydrogen) atoms. The Morgan fingerprint density at radius 1 is 0.522 bits per heavy atom. The number of hydrogen-bond acceptors (Lipinski definition) is 3. The molecule has 0 atom stereocenters. The van der Waals surface area contributed by atoms with Crippen LogP contribution in [0.2, 0.25) is 0 Å². The van der Waals surface area contributed by atoms with Crippen LogP contribution in [0.3, 0.4) is 0 Å². The summed E-state index contributed by atoms with van der Waals surface area (Å²) in [7, 11) is 0. The fourth-order valence-corrected chi connectivity index (χ4v) is 6.14. The molecule has 0 radical (unpaired) electrons. The Bertz CT molecular complexity index is 2570. The average Bonchev–Trinajstić information content (AvgIpc) is 3.13. The highest BCUT2D eigenvalue weighted by atomic mass is 14.9. The van der Waals surface area contributed by atoms with E-state index in [9.17, 15) is 5.26 Å². The van der Waals surface area contributed by atoms with Gasteiger partial charge < -0.3 is 0 Å². The molecule has 8 rings (SSSR count). The number of nitriles is 1. The molecule has 0 fully saturated rings. The predicted octanol–water partition coefficient (Wildman–Crippen LogP) is 11.0. The second kappa shape index (κ2) is 11.1. The molecule has 212 valence electrons. The van der Waals surface area contributed by atoms with Crippen molar-refractivity contribution in [3.8, 4) is 51.0 Å². The van der Waals surface area contributed by atoms with Gasteiger partial charge in [-0.25, -0.2) is 14.8 Å². The maximum absolute atomic E-state index is 9.64. The number of fused-ring (bicyclic) bond motifs is 3. The zero-order valence-electron chi connectivity index (χ0n) is 24.6. The molecule has 1 heterocycles. The maximum atomic E-state index is 9.64. The highest BCUT2D eigenvalue weighted by Gasteiger charge is 2.18. The molecule has 0 saturated carbocycles. The number of aromatic nitrogens is 2. The van der Waals surface area contributed by atoms with Gasteiger partial charge in [0.2, 0.25) is 0 Å². The van der Waals surface area contributed by atoms with Crippen LogP contribution in [0.4, 0.5) is 5.69 Å². The van der Waals surface area contributed by atoms with Gasteiger partial charge in [0.25, 0.3) is 0 Å². The Labute approximate surface area is 266 Å². The van der Waals surface area contributed by atoms with Crippen molar-refractivity contribution in [2.75, 3.05) is 0 Å². The zero-order chi connectivity index (χ0) is 31.0. The molecule has 8 aromatic rings. The van der Waals surface area contributed by atoms with Gasteiger partial charge in [-0.2, -0.15) is 5.26 Å². The van der Waals surface area contributed by atoms with E-state index in [0.29, 0.717) is 17.1 Å². The van der Waals surface area contributed by atoms with Gasteiger partial charge >= 0.3 is 0 Å². The summed E-state index contributed by atoms with van der Waals surface area (Å²) in [5.41, 5.74) is 8.37. The number of nitrogens with zero attached hydrogens (tertiary/aromatic N) is 4. The first-order valence-electron chi connectivity index (χ1n) is 15.0. The average molecular weight is 585 g/mol. The summed E-state index contributed by atoms with van der Waals surface area (Å²) in [6.07, 6.45) is 0. The quantitative estimate of drug-likeness (QED) is 0.193. The van der Waals surface area contributed by atoms with Gasteiger partial charge in [0, 0.05) is 16.5 Å². The fraction of sp³-hybridized carbons (Fsp3) is 0. The lowest BCUT2D eigenvalue weighted by Crippen LogP contribution is -1.98. The van der Waals surface area contributed by atoms with Crippen LogP contribution in [0.15, 0.2) is 146 Å². The number of benzene rings is 7. The van der Waals surface area contributed by atoms with Crippen LogP contribution in [-0.4, -0.2) is 9.97 Å². The minimum atomic E-state index is 0.522. The molecule has 0 aliphatic heterocycles. The van der Waals surface area contributed by atoms with E-state index in [1.54, 1.807) is 12.1 Å². The van der Waals surface area contributed by atoms with Crippen LogP contribution in [0.5, 0.6) is 0 Å². The van der Waals surface area contributed by atoms with E-state index < -0.39 is 0 Å². The van der Waals surface area contributed by atoms with Crippen LogP contribution >= 0.6 is 0 Å². The van der Waals surface area contributed by atoms with Crippen molar-refractivity contribution < 1.29 is 0 Å². The first-order valence-corrected chi connectivity index (χ1v) is 15.0. The Morgan fingerprint density at radius 3 is 1.93 bits per heavy atom. The van der Waals surface area contributed by atoms with Gasteiger partial charge in [0.15, 0.2) is 11.5 Å². The molecule has 4 heteroatoms. The topological polar surface area (TPSA) is 53.9 Å². The van der Waals surface area contributed by atoms with E-state index >= 15 is 0 Å². The van der Waals surface area contributed by atoms with Crippen LogP contribution in [0, 0.1) is 17.9 Å². The summed E-state index contributed by atoms with van der Waals surface area (Å²) in [5, 5.41) is 15.2. The molecule has 0 bridgehead atoms. The normalized spacial score (nSPS) is 11.0. The lowest BCUT2D eigenvalue weighted by molar-refractivity contribution is 1.23. The van der Waals surface area contributed by atoms with Crippen molar-refractivity contribution in [2.45, 2.75) is 0 Å². The maximum Gasteiger partial charge on any atom is 0.187 e. The molecule has 1 aromatic heterocycles. The van der Waals surface area contributed by atoms with Gasteiger partial charge in [0.05, 0.1) is 29.4 Å². The molecule has 0 amide bonds. The lowest BCUT2D eigenvalue weighted by Gasteiger charge is -2.16. The van der Waals surface area contributed by atoms with E-state index in [1.165, 1.54) is 16.2 Å². The first-order chi connectivity index (χ1) is 22.7. The van der Waals surface area contributed by atoms with Gasteiger partial charge in [0.1, 0.15) is 0 Å². The molecule has 0 unspecified atom stereocenters. The molecule has 4 nitrogen and oxygen atoms in total. The van der Waals surface area contributed by atoms with E-state index in [2.05, 4.69) is 108 Å². The second-order valence-corrected chi connectivity index (χ2v) is 11.3. The summed E-state index contributed by atoms with van der Waals surface area (Å²) in [6.45, 7) is 7.67. The number of hydrogen-bond donors (Lipinski definition) is 0. The molecule has 0 aliphatic rings. The lowest BCUT2D eigenvalue weighted by atomic mass is 9.92. The van der Waals surface area contributed by atoms with Crippen LogP contribution in [0.1, 0.15) is 5.56 Å². The smallest absolute Gasteiger partial charge is 0.187 e. The molecule has 0 aliphatic carbocycles. The SMILES string of the molecule is [C-]#[N+]c1cccc(-c2nc(-c3cccc(C#N)c3)nc3c(-c4ccc5ccccc5c4)cc(-c4ccc5ccccc5c4)cc23)c1. The molecular weight excluding hydrogens is 560 g/mol.